The van der Waals surface area contributed by atoms with Crippen molar-refractivity contribution >= 4 is 21.7 Å². The van der Waals surface area contributed by atoms with Crippen LogP contribution in [0.15, 0.2) is 4.47 Å². The second-order valence-corrected chi connectivity index (χ2v) is 4.22. The summed E-state index contributed by atoms with van der Waals surface area (Å²) in [6.45, 7) is 4.27. The Labute approximate surface area is 106 Å². The molecule has 0 atom stereocenters. The lowest BCUT2D eigenvalue weighted by molar-refractivity contribution is -0.128. The molecule has 1 heterocycles. The molecule has 0 saturated heterocycles. The number of alkyl halides is 3. The third-order valence-corrected chi connectivity index (χ3v) is 2.84. The van der Waals surface area contributed by atoms with Crippen molar-refractivity contribution in [2.45, 2.75) is 32.9 Å². The summed E-state index contributed by atoms with van der Waals surface area (Å²) in [7, 11) is 0. The Morgan fingerprint density at radius 1 is 1.24 bits per heavy atom. The molecule has 17 heavy (non-hydrogen) atoms. The second kappa shape index (κ2) is 5.66. The zero-order valence-corrected chi connectivity index (χ0v) is 11.1. The zero-order valence-electron chi connectivity index (χ0n) is 9.53. The summed E-state index contributed by atoms with van der Waals surface area (Å²) in [6, 6.07) is 0. The van der Waals surface area contributed by atoms with Gasteiger partial charge >= 0.3 is 6.18 Å². The highest BCUT2D eigenvalue weighted by Gasteiger charge is 2.30. The van der Waals surface area contributed by atoms with E-state index in [2.05, 4.69) is 31.2 Å². The van der Waals surface area contributed by atoms with Crippen LogP contribution >= 0.6 is 15.9 Å². The fourth-order valence-electron chi connectivity index (χ4n) is 1.32. The molecule has 1 aromatic heterocycles. The maximum Gasteiger partial charge on any atom is 0.396 e. The summed E-state index contributed by atoms with van der Waals surface area (Å²) in [5.41, 5.74) is 0.579. The predicted octanol–water partition coefficient (Wildman–Crippen LogP) is 3.34. The molecule has 0 unspecified atom stereocenters. The van der Waals surface area contributed by atoms with Gasteiger partial charge in [0.25, 0.3) is 0 Å². The van der Waals surface area contributed by atoms with Crippen molar-refractivity contribution in [3.63, 3.8) is 0 Å². The van der Waals surface area contributed by atoms with Crippen molar-refractivity contribution in [3.8, 4) is 0 Å². The lowest BCUT2D eigenvalue weighted by Gasteiger charge is -2.12. The highest BCUT2D eigenvalue weighted by Crippen LogP contribution is 2.26. The Kier molecular flexibility index (Phi) is 4.73. The summed E-state index contributed by atoms with van der Waals surface area (Å²) in [4.78, 5) is 7.77. The molecule has 7 heteroatoms. The van der Waals surface area contributed by atoms with E-state index in [1.807, 2.05) is 13.8 Å². The van der Waals surface area contributed by atoms with Gasteiger partial charge in [-0.05, 0) is 29.3 Å². The molecule has 0 amide bonds. The van der Waals surface area contributed by atoms with E-state index in [-0.39, 0.29) is 5.82 Å². The average Bonchev–Trinajstić information content (AvgIpc) is 2.20. The molecular formula is C10H13BrF3N3. The largest absolute Gasteiger partial charge is 0.396 e. The van der Waals surface area contributed by atoms with E-state index in [1.54, 1.807) is 0 Å². The number of anilines is 1. The van der Waals surface area contributed by atoms with E-state index in [0.717, 1.165) is 0 Å². The highest BCUT2D eigenvalue weighted by molar-refractivity contribution is 9.10. The molecule has 0 spiro atoms. The summed E-state index contributed by atoms with van der Waals surface area (Å²) in [6.07, 6.45) is -4.85. The SMILES string of the molecule is CCNc1nc(CC(F)(F)F)nc(CC)c1Br. The minimum atomic E-state index is -4.29. The van der Waals surface area contributed by atoms with Crippen molar-refractivity contribution in [1.29, 1.82) is 0 Å². The van der Waals surface area contributed by atoms with Crippen molar-refractivity contribution in [1.82, 2.24) is 9.97 Å². The fourth-order valence-corrected chi connectivity index (χ4v) is 1.92. The molecule has 3 nitrogen and oxygen atoms in total. The molecule has 0 bridgehead atoms. The van der Waals surface area contributed by atoms with Crippen LogP contribution < -0.4 is 5.32 Å². The van der Waals surface area contributed by atoms with Gasteiger partial charge in [0.1, 0.15) is 18.1 Å². The standard InChI is InChI=1S/C10H13BrF3N3/c1-3-6-8(11)9(15-4-2)17-7(16-6)5-10(12,13)14/h3-5H2,1-2H3,(H,15,16,17). The van der Waals surface area contributed by atoms with E-state index >= 15 is 0 Å². The average molecular weight is 312 g/mol. The van der Waals surface area contributed by atoms with Crippen LogP contribution in [0.2, 0.25) is 0 Å². The van der Waals surface area contributed by atoms with Crippen molar-refractivity contribution in [2.75, 3.05) is 11.9 Å². The Morgan fingerprint density at radius 2 is 1.88 bits per heavy atom. The summed E-state index contributed by atoms with van der Waals surface area (Å²) in [5.74, 6) is 0.215. The van der Waals surface area contributed by atoms with E-state index in [0.29, 0.717) is 29.0 Å². The predicted molar refractivity (Wildman–Crippen MR) is 63.0 cm³/mol. The minimum Gasteiger partial charge on any atom is -0.369 e. The maximum atomic E-state index is 12.3. The molecule has 0 saturated carbocycles. The lowest BCUT2D eigenvalue weighted by atomic mass is 10.3. The van der Waals surface area contributed by atoms with Gasteiger partial charge < -0.3 is 5.32 Å². The molecule has 0 aromatic carbocycles. The molecule has 0 aliphatic carbocycles. The maximum absolute atomic E-state index is 12.3. The van der Waals surface area contributed by atoms with Gasteiger partial charge in [-0.15, -0.1) is 0 Å². The first-order chi connectivity index (χ1) is 7.87. The van der Waals surface area contributed by atoms with Gasteiger partial charge in [0.05, 0.1) is 10.2 Å². The van der Waals surface area contributed by atoms with Gasteiger partial charge in [0.2, 0.25) is 0 Å². The topological polar surface area (TPSA) is 37.8 Å². The first kappa shape index (κ1) is 14.2. The van der Waals surface area contributed by atoms with Crippen LogP contribution in [0.3, 0.4) is 0 Å². The van der Waals surface area contributed by atoms with Crippen LogP contribution in [0.1, 0.15) is 25.4 Å². The monoisotopic (exact) mass is 311 g/mol. The Morgan fingerprint density at radius 3 is 2.35 bits per heavy atom. The number of nitrogens with one attached hydrogen (secondary N) is 1. The molecule has 0 aliphatic heterocycles. The third-order valence-electron chi connectivity index (χ3n) is 2.00. The van der Waals surface area contributed by atoms with Gasteiger partial charge in [-0.25, -0.2) is 9.97 Å². The zero-order chi connectivity index (χ0) is 13.1. The number of hydrogen-bond donors (Lipinski definition) is 1. The number of aromatic nitrogens is 2. The van der Waals surface area contributed by atoms with E-state index in [9.17, 15) is 13.2 Å². The molecule has 0 fully saturated rings. The third kappa shape index (κ3) is 4.14. The van der Waals surface area contributed by atoms with Crippen LogP contribution in [0, 0.1) is 0 Å². The Balaban J connectivity index is 3.11. The first-order valence-electron chi connectivity index (χ1n) is 5.23. The molecular weight excluding hydrogens is 299 g/mol. The summed E-state index contributed by atoms with van der Waals surface area (Å²) < 4.78 is 37.5. The quantitative estimate of drug-likeness (QED) is 0.926. The van der Waals surface area contributed by atoms with Crippen molar-refractivity contribution < 1.29 is 13.2 Å². The molecule has 0 aliphatic rings. The van der Waals surface area contributed by atoms with Crippen LogP contribution in [-0.2, 0) is 12.8 Å². The second-order valence-electron chi connectivity index (χ2n) is 3.42. The van der Waals surface area contributed by atoms with Gasteiger partial charge in [-0.1, -0.05) is 6.92 Å². The highest BCUT2D eigenvalue weighted by atomic mass is 79.9. The van der Waals surface area contributed by atoms with Gasteiger partial charge in [0.15, 0.2) is 0 Å². The lowest BCUT2D eigenvalue weighted by Crippen LogP contribution is -2.16. The van der Waals surface area contributed by atoms with E-state index in [1.165, 1.54) is 0 Å². The fraction of sp³-hybridized carbons (Fsp3) is 0.600. The number of halogens is 4. The number of aryl methyl sites for hydroxylation is 1. The Bertz CT molecular complexity index is 393. The molecule has 1 rings (SSSR count). The minimum absolute atomic E-state index is 0.200. The molecule has 1 N–H and O–H groups in total. The van der Waals surface area contributed by atoms with Gasteiger partial charge in [-0.3, -0.25) is 0 Å². The van der Waals surface area contributed by atoms with Crippen LogP contribution in [0.25, 0.3) is 0 Å². The van der Waals surface area contributed by atoms with Crippen LogP contribution in [0.5, 0.6) is 0 Å². The van der Waals surface area contributed by atoms with Crippen molar-refractivity contribution in [2.24, 2.45) is 0 Å². The van der Waals surface area contributed by atoms with E-state index < -0.39 is 12.6 Å². The van der Waals surface area contributed by atoms with Crippen LogP contribution in [0.4, 0.5) is 19.0 Å². The smallest absolute Gasteiger partial charge is 0.369 e. The number of nitrogens with zero attached hydrogens (tertiary/aromatic N) is 2. The molecule has 0 radical (unpaired) electrons. The summed E-state index contributed by atoms with van der Waals surface area (Å²) in [5, 5.41) is 2.91. The number of rotatable bonds is 4. The normalized spacial score (nSPS) is 11.6. The molecule has 96 valence electrons. The Hall–Kier alpha value is -0.850. The van der Waals surface area contributed by atoms with Gasteiger partial charge in [-0.2, -0.15) is 13.2 Å². The van der Waals surface area contributed by atoms with Crippen LogP contribution in [-0.4, -0.2) is 22.7 Å². The van der Waals surface area contributed by atoms with Gasteiger partial charge in [0, 0.05) is 6.54 Å². The van der Waals surface area contributed by atoms with Crippen molar-refractivity contribution in [3.05, 3.63) is 16.0 Å². The molecule has 1 aromatic rings. The number of hydrogen-bond acceptors (Lipinski definition) is 3. The van der Waals surface area contributed by atoms with E-state index in [4.69, 9.17) is 0 Å². The first-order valence-corrected chi connectivity index (χ1v) is 6.02. The summed E-state index contributed by atoms with van der Waals surface area (Å²) >= 11 is 3.29.